The van der Waals surface area contributed by atoms with Crippen LogP contribution >= 0.6 is 0 Å². The number of rotatable bonds is 9. The van der Waals surface area contributed by atoms with Gasteiger partial charge in [-0.3, -0.25) is 0 Å². The van der Waals surface area contributed by atoms with Crippen molar-refractivity contribution >= 4 is 5.69 Å². The van der Waals surface area contributed by atoms with Crippen molar-refractivity contribution in [2.24, 2.45) is 11.3 Å². The molecule has 30 heavy (non-hydrogen) atoms. The van der Waals surface area contributed by atoms with Crippen LogP contribution in [0.1, 0.15) is 38.0 Å². The third-order valence-corrected chi connectivity index (χ3v) is 6.02. The van der Waals surface area contributed by atoms with E-state index in [2.05, 4.69) is 17.9 Å². The number of likely N-dealkylation sites (N-methyl/N-ethyl adjacent to an activating group) is 1. The number of hydrogen-bond donors (Lipinski definition) is 3. The van der Waals surface area contributed by atoms with Crippen LogP contribution in [0.25, 0.3) is 0 Å². The predicted octanol–water partition coefficient (Wildman–Crippen LogP) is 4.04. The second-order valence-electron chi connectivity index (χ2n) is 8.82. The van der Waals surface area contributed by atoms with E-state index in [4.69, 9.17) is 4.74 Å². The van der Waals surface area contributed by atoms with Crippen molar-refractivity contribution in [2.45, 2.75) is 39.6 Å². The van der Waals surface area contributed by atoms with Crippen LogP contribution in [0.5, 0.6) is 5.75 Å². The topological polar surface area (TPSA) is 73.2 Å². The summed E-state index contributed by atoms with van der Waals surface area (Å²) in [5.41, 5.74) is 3.73. The quantitative estimate of drug-likeness (QED) is 0.543. The molecule has 0 spiro atoms. The molecular formula is C25H33NO4. The summed E-state index contributed by atoms with van der Waals surface area (Å²) in [7, 11) is 1.99. The van der Waals surface area contributed by atoms with Gasteiger partial charge in [-0.15, -0.1) is 0 Å². The molecule has 0 saturated heterocycles. The van der Waals surface area contributed by atoms with Crippen molar-refractivity contribution in [1.29, 1.82) is 0 Å². The molecule has 2 aromatic rings. The number of anilines is 1. The van der Waals surface area contributed by atoms with Crippen molar-refractivity contribution in [3.63, 3.8) is 0 Å². The van der Waals surface area contributed by atoms with E-state index in [0.717, 1.165) is 16.8 Å². The molecule has 0 aromatic heterocycles. The van der Waals surface area contributed by atoms with Crippen LogP contribution in [0.2, 0.25) is 0 Å². The standard InChI is InChI=1S/C25H33NO4/c1-17(2)12-22-24(29)25(22,3)16-30-23(19-8-10-21(28)11-9-19)14-26(4)20-7-5-6-18(13-20)15-27/h5-13,22-24,27-29H,14-16H2,1-4H3. The van der Waals surface area contributed by atoms with Crippen LogP contribution in [0.3, 0.4) is 0 Å². The molecule has 3 N–H and O–H groups in total. The highest BCUT2D eigenvalue weighted by atomic mass is 16.5. The third kappa shape index (κ3) is 5.04. The molecule has 1 aliphatic rings. The van der Waals surface area contributed by atoms with E-state index in [1.807, 2.05) is 57.3 Å². The minimum atomic E-state index is -0.396. The number of ether oxygens (including phenoxy) is 1. The lowest BCUT2D eigenvalue weighted by molar-refractivity contribution is 0.0167. The Morgan fingerprint density at radius 3 is 2.53 bits per heavy atom. The molecule has 1 aliphatic carbocycles. The lowest BCUT2D eigenvalue weighted by atomic mass is 10.1. The molecule has 1 saturated carbocycles. The highest BCUT2D eigenvalue weighted by Gasteiger charge is 2.59. The zero-order valence-electron chi connectivity index (χ0n) is 18.2. The van der Waals surface area contributed by atoms with Crippen LogP contribution in [0.4, 0.5) is 5.69 Å². The highest BCUT2D eigenvalue weighted by molar-refractivity contribution is 5.48. The number of aliphatic hydroxyl groups is 2. The second-order valence-corrected chi connectivity index (χ2v) is 8.82. The third-order valence-electron chi connectivity index (χ3n) is 6.02. The normalized spacial score (nSPS) is 23.7. The Kier molecular flexibility index (Phi) is 6.86. The zero-order valence-corrected chi connectivity index (χ0v) is 18.2. The minimum Gasteiger partial charge on any atom is -0.508 e. The summed E-state index contributed by atoms with van der Waals surface area (Å²) in [6.45, 7) is 7.19. The zero-order chi connectivity index (χ0) is 21.9. The first-order valence-electron chi connectivity index (χ1n) is 10.4. The molecule has 4 atom stereocenters. The fourth-order valence-corrected chi connectivity index (χ4v) is 3.87. The summed E-state index contributed by atoms with van der Waals surface area (Å²) in [5.74, 6) is 0.330. The summed E-state index contributed by atoms with van der Waals surface area (Å²) in [4.78, 5) is 2.09. The van der Waals surface area contributed by atoms with Gasteiger partial charge in [-0.1, -0.05) is 42.8 Å². The van der Waals surface area contributed by atoms with E-state index < -0.39 is 6.10 Å². The van der Waals surface area contributed by atoms with Crippen molar-refractivity contribution < 1.29 is 20.1 Å². The lowest BCUT2D eigenvalue weighted by Crippen LogP contribution is -2.27. The number of aromatic hydroxyl groups is 1. The first-order valence-corrected chi connectivity index (χ1v) is 10.4. The fourth-order valence-electron chi connectivity index (χ4n) is 3.87. The Morgan fingerprint density at radius 2 is 1.90 bits per heavy atom. The van der Waals surface area contributed by atoms with Crippen LogP contribution in [0, 0.1) is 11.3 Å². The van der Waals surface area contributed by atoms with Crippen LogP contribution < -0.4 is 4.90 Å². The van der Waals surface area contributed by atoms with Gasteiger partial charge in [0.1, 0.15) is 5.75 Å². The first kappa shape index (κ1) is 22.3. The number of hydrogen-bond acceptors (Lipinski definition) is 5. The Labute approximate surface area is 179 Å². The number of benzene rings is 2. The highest BCUT2D eigenvalue weighted by Crippen LogP contribution is 2.54. The molecule has 0 bridgehead atoms. The van der Waals surface area contributed by atoms with E-state index in [9.17, 15) is 15.3 Å². The molecule has 0 aliphatic heterocycles. The van der Waals surface area contributed by atoms with Gasteiger partial charge in [0.15, 0.2) is 0 Å². The van der Waals surface area contributed by atoms with Gasteiger partial charge < -0.3 is 25.0 Å². The summed E-state index contributed by atoms with van der Waals surface area (Å²) in [6, 6.07) is 14.9. The summed E-state index contributed by atoms with van der Waals surface area (Å²) in [6.07, 6.45) is 1.49. The maximum Gasteiger partial charge on any atom is 0.115 e. The smallest absolute Gasteiger partial charge is 0.115 e. The average Bonchev–Trinajstić information content (AvgIpc) is 3.24. The predicted molar refractivity (Wildman–Crippen MR) is 119 cm³/mol. The van der Waals surface area contributed by atoms with Gasteiger partial charge in [-0.2, -0.15) is 0 Å². The Morgan fingerprint density at radius 1 is 1.20 bits per heavy atom. The van der Waals surface area contributed by atoms with Gasteiger partial charge in [0, 0.05) is 30.6 Å². The molecule has 4 unspecified atom stereocenters. The molecule has 0 amide bonds. The Balaban J connectivity index is 1.76. The van der Waals surface area contributed by atoms with Gasteiger partial charge in [0.05, 0.1) is 25.4 Å². The molecule has 5 heteroatoms. The molecule has 2 aromatic carbocycles. The van der Waals surface area contributed by atoms with Gasteiger partial charge in [-0.25, -0.2) is 0 Å². The maximum absolute atomic E-state index is 10.4. The van der Waals surface area contributed by atoms with Crippen LogP contribution in [-0.2, 0) is 11.3 Å². The fraction of sp³-hybridized carbons (Fsp3) is 0.440. The van der Waals surface area contributed by atoms with Crippen LogP contribution in [0.15, 0.2) is 60.2 Å². The number of allylic oxidation sites excluding steroid dienone is 1. The SMILES string of the molecule is CC(C)=CC1C(O)C1(C)COC(CN(C)c1cccc(CO)c1)c1ccc(O)cc1. The van der Waals surface area contributed by atoms with E-state index in [1.165, 1.54) is 5.57 Å². The average molecular weight is 412 g/mol. The monoisotopic (exact) mass is 411 g/mol. The van der Waals surface area contributed by atoms with E-state index in [0.29, 0.717) is 13.2 Å². The lowest BCUT2D eigenvalue weighted by Gasteiger charge is -2.28. The van der Waals surface area contributed by atoms with Crippen LogP contribution in [-0.4, -0.2) is 41.6 Å². The van der Waals surface area contributed by atoms with Gasteiger partial charge in [0.2, 0.25) is 0 Å². The van der Waals surface area contributed by atoms with E-state index >= 15 is 0 Å². The molecular weight excluding hydrogens is 378 g/mol. The largest absolute Gasteiger partial charge is 0.508 e. The first-order chi connectivity index (χ1) is 14.2. The molecule has 0 radical (unpaired) electrons. The van der Waals surface area contributed by atoms with Crippen molar-refractivity contribution in [2.75, 3.05) is 25.1 Å². The van der Waals surface area contributed by atoms with Crippen molar-refractivity contribution in [1.82, 2.24) is 0 Å². The molecule has 3 rings (SSSR count). The molecule has 0 heterocycles. The number of nitrogens with zero attached hydrogens (tertiary/aromatic N) is 1. The molecule has 5 nitrogen and oxygen atoms in total. The Bertz CT molecular complexity index is 875. The van der Waals surface area contributed by atoms with Gasteiger partial charge >= 0.3 is 0 Å². The Hall–Kier alpha value is -2.34. The maximum atomic E-state index is 10.4. The van der Waals surface area contributed by atoms with Crippen molar-refractivity contribution in [3.05, 3.63) is 71.3 Å². The molecule has 1 fully saturated rings. The molecule has 162 valence electrons. The number of phenols is 1. The number of aliphatic hydroxyl groups excluding tert-OH is 2. The number of phenolic OH excluding ortho intramolecular Hbond substituents is 1. The second kappa shape index (κ2) is 9.21. The minimum absolute atomic E-state index is 0.00155. The summed E-state index contributed by atoms with van der Waals surface area (Å²) >= 11 is 0. The van der Waals surface area contributed by atoms with E-state index in [1.54, 1.807) is 12.1 Å². The van der Waals surface area contributed by atoms with Gasteiger partial charge in [-0.05, 0) is 49.2 Å². The summed E-state index contributed by atoms with van der Waals surface area (Å²) < 4.78 is 6.36. The van der Waals surface area contributed by atoms with E-state index in [-0.39, 0.29) is 29.8 Å². The summed E-state index contributed by atoms with van der Waals surface area (Å²) in [5, 5.41) is 29.5. The van der Waals surface area contributed by atoms with Gasteiger partial charge in [0.25, 0.3) is 0 Å². The van der Waals surface area contributed by atoms with Crippen molar-refractivity contribution in [3.8, 4) is 5.75 Å².